The van der Waals surface area contributed by atoms with Crippen molar-refractivity contribution in [1.82, 2.24) is 0 Å². The molecule has 70 heavy (non-hydrogen) atoms. The Bertz CT molecular complexity index is 1720. The minimum atomic E-state index is -5.38. The zero-order valence-corrected chi connectivity index (χ0v) is 42.9. The predicted octanol–water partition coefficient (Wildman–Crippen LogP) is 8.92. The Balaban J connectivity index is 2.61. The molecule has 0 aliphatic heterocycles. The van der Waals surface area contributed by atoms with Crippen LogP contribution in [0.3, 0.4) is 0 Å². The van der Waals surface area contributed by atoms with E-state index < -0.39 is 83.5 Å². The van der Waals surface area contributed by atoms with Gasteiger partial charge in [-0.15, -0.1) is 0 Å². The van der Waals surface area contributed by atoms with Crippen molar-refractivity contribution in [1.29, 1.82) is 0 Å². The predicted molar refractivity (Wildman–Crippen MR) is 270 cm³/mol. The Hall–Kier alpha value is -3.12. The summed E-state index contributed by atoms with van der Waals surface area (Å²) in [6.07, 6.45) is 36.6. The zero-order chi connectivity index (χ0) is 51.7. The van der Waals surface area contributed by atoms with Crippen LogP contribution in [0.25, 0.3) is 0 Å². The molecule has 1 fully saturated rings. The maximum atomic E-state index is 13.0. The highest BCUT2D eigenvalue weighted by molar-refractivity contribution is 7.47. The van der Waals surface area contributed by atoms with E-state index in [0.717, 1.165) is 103 Å². The van der Waals surface area contributed by atoms with E-state index in [9.17, 15) is 53.8 Å². The van der Waals surface area contributed by atoms with E-state index >= 15 is 0 Å². The normalized spacial score (nSPS) is 21.8. The quantitative estimate of drug-likeness (QED) is 0.0123. The van der Waals surface area contributed by atoms with Gasteiger partial charge in [0.2, 0.25) is 0 Å². The van der Waals surface area contributed by atoms with E-state index in [1.165, 1.54) is 0 Å². The van der Waals surface area contributed by atoms with Gasteiger partial charge in [-0.3, -0.25) is 23.2 Å². The van der Waals surface area contributed by atoms with Gasteiger partial charge in [-0.25, -0.2) is 9.13 Å². The van der Waals surface area contributed by atoms with Gasteiger partial charge in [0.05, 0.1) is 6.61 Å². The van der Waals surface area contributed by atoms with Crippen molar-refractivity contribution in [2.45, 2.75) is 191 Å². The van der Waals surface area contributed by atoms with Crippen LogP contribution in [0.1, 0.15) is 148 Å². The van der Waals surface area contributed by atoms with Gasteiger partial charge in [0.15, 0.2) is 6.10 Å². The molecule has 8 N–H and O–H groups in total. The largest absolute Gasteiger partial charge is 0.472 e. The van der Waals surface area contributed by atoms with Crippen LogP contribution in [0.4, 0.5) is 0 Å². The minimum Gasteiger partial charge on any atom is -0.462 e. The van der Waals surface area contributed by atoms with Crippen molar-refractivity contribution in [3.05, 3.63) is 97.2 Å². The Labute approximate surface area is 416 Å². The van der Waals surface area contributed by atoms with E-state index in [4.69, 9.17) is 23.6 Å². The Kier molecular flexibility index (Phi) is 38.3. The fourth-order valence-electron chi connectivity index (χ4n) is 6.87. The molecule has 400 valence electrons. The van der Waals surface area contributed by atoms with Crippen molar-refractivity contribution in [3.8, 4) is 0 Å². The number of rotatable bonds is 41. The van der Waals surface area contributed by atoms with E-state index in [0.29, 0.717) is 25.7 Å². The molecule has 1 aliphatic carbocycles. The fourth-order valence-corrected chi connectivity index (χ4v) is 8.41. The number of aliphatic hydroxyl groups is 5. The van der Waals surface area contributed by atoms with Crippen LogP contribution in [0, 0.1) is 0 Å². The topological polar surface area (TPSA) is 276 Å². The van der Waals surface area contributed by atoms with Gasteiger partial charge < -0.3 is 49.7 Å². The summed E-state index contributed by atoms with van der Waals surface area (Å²) >= 11 is 0. The summed E-state index contributed by atoms with van der Waals surface area (Å²) < 4.78 is 49.4. The number of carbonyl (C=O) groups excluding carboxylic acids is 2. The standard InChI is InChI=1S/C51H84O17P2/c1-2-3-4-5-6-7-8-9-10-11-12-14-17-20-23-26-29-32-35-38-44(53)64-41-43(42-65-70(62,63)68-51-48(57)46(55)47(56)50(49(51)58)67-69(59,60)61)66-45(54)39-36-33-30-27-24-21-18-15-13-16-19-22-25-28-31-34-37-40-52/h3-4,6-7,9-10,12-14,16,18,21-22,25,27,30,43,46-52,55-58H,2,5,8,11,15,17,19-20,23-24,26,28-29,31-42H2,1H3,(H,62,63)(H2,59,60,61)/b4-3-,7-6-,10-9-,14-12-,16-13-,21-18-,25-22-,30-27-/t43-,46?,47?,48?,49?,50-,51+/m1/s1. The summed E-state index contributed by atoms with van der Waals surface area (Å²) in [5, 5.41) is 50.1. The number of hydrogen-bond acceptors (Lipinski definition) is 14. The molecule has 0 bridgehead atoms. The number of allylic oxidation sites excluding steroid dienone is 16. The number of phosphoric ester groups is 2. The number of hydrogen-bond donors (Lipinski definition) is 8. The molecule has 0 heterocycles. The van der Waals surface area contributed by atoms with Crippen molar-refractivity contribution in [2.24, 2.45) is 0 Å². The number of phosphoric acid groups is 2. The molecule has 0 aromatic rings. The van der Waals surface area contributed by atoms with Gasteiger partial charge in [0.25, 0.3) is 0 Å². The second-order valence-corrected chi connectivity index (χ2v) is 19.5. The molecular weight excluding hydrogens is 946 g/mol. The van der Waals surface area contributed by atoms with Crippen LogP contribution < -0.4 is 0 Å². The van der Waals surface area contributed by atoms with Crippen molar-refractivity contribution in [3.63, 3.8) is 0 Å². The molecule has 8 atom stereocenters. The van der Waals surface area contributed by atoms with Gasteiger partial charge in [0.1, 0.15) is 43.2 Å². The minimum absolute atomic E-state index is 0.0507. The number of esters is 2. The lowest BCUT2D eigenvalue weighted by Gasteiger charge is -2.43. The number of ether oxygens (including phenoxy) is 2. The molecule has 19 heteroatoms. The van der Waals surface area contributed by atoms with Gasteiger partial charge in [-0.05, 0) is 96.3 Å². The third-order valence-electron chi connectivity index (χ3n) is 10.7. The third-order valence-corrected chi connectivity index (χ3v) is 12.2. The van der Waals surface area contributed by atoms with Crippen LogP contribution in [-0.2, 0) is 41.8 Å². The summed E-state index contributed by atoms with van der Waals surface area (Å²) in [7, 11) is -10.7. The number of aliphatic hydroxyl groups excluding tert-OH is 5. The maximum absolute atomic E-state index is 13.0. The molecule has 17 nitrogen and oxygen atoms in total. The van der Waals surface area contributed by atoms with Gasteiger partial charge >= 0.3 is 27.6 Å². The van der Waals surface area contributed by atoms with Crippen LogP contribution >= 0.6 is 15.6 Å². The average molecular weight is 1030 g/mol. The lowest BCUT2D eigenvalue weighted by Crippen LogP contribution is -2.64. The number of unbranched alkanes of at least 4 members (excludes halogenated alkanes) is 10. The Morgan fingerprint density at radius 1 is 0.486 bits per heavy atom. The molecular formula is C51H84O17P2. The first-order chi connectivity index (χ1) is 33.6. The summed E-state index contributed by atoms with van der Waals surface area (Å²) in [5.41, 5.74) is 0. The second-order valence-electron chi connectivity index (χ2n) is 16.9. The van der Waals surface area contributed by atoms with Crippen molar-refractivity contribution in [2.75, 3.05) is 19.8 Å². The lowest BCUT2D eigenvalue weighted by molar-refractivity contribution is -0.216. The molecule has 0 saturated heterocycles. The highest BCUT2D eigenvalue weighted by atomic mass is 31.2. The van der Waals surface area contributed by atoms with Crippen LogP contribution in [0.15, 0.2) is 97.2 Å². The molecule has 1 rings (SSSR count). The molecule has 0 aromatic carbocycles. The summed E-state index contributed by atoms with van der Waals surface area (Å²) in [5.74, 6) is -1.31. The fraction of sp³-hybridized carbons (Fsp3) is 0.647. The first-order valence-electron chi connectivity index (χ1n) is 24.9. The van der Waals surface area contributed by atoms with E-state index in [-0.39, 0.29) is 19.4 Å². The molecule has 0 amide bonds. The van der Waals surface area contributed by atoms with E-state index in [2.05, 4.69) is 90.4 Å². The van der Waals surface area contributed by atoms with Gasteiger partial charge in [0, 0.05) is 19.4 Å². The van der Waals surface area contributed by atoms with Gasteiger partial charge in [-0.1, -0.05) is 136 Å². The van der Waals surface area contributed by atoms with E-state index in [1.807, 2.05) is 18.2 Å². The SMILES string of the molecule is CC/C=C\C/C=C\C/C=C\C/C=C\CCCCCCCCC(=O)OC[C@H](COP(=O)(O)O[C@H]1C(O)C(O)C(O)[C@@H](OP(=O)(O)O)C1O)OC(=O)CCC/C=C\C/C=C\C/C=C\C/C=C\CCCCCO. The second kappa shape index (κ2) is 41.4. The monoisotopic (exact) mass is 1030 g/mol. The highest BCUT2D eigenvalue weighted by Gasteiger charge is 2.54. The van der Waals surface area contributed by atoms with Gasteiger partial charge in [-0.2, -0.15) is 0 Å². The summed E-state index contributed by atoms with van der Waals surface area (Å²) in [6.45, 7) is 0.941. The van der Waals surface area contributed by atoms with Crippen LogP contribution in [0.2, 0.25) is 0 Å². The first kappa shape index (κ1) is 64.9. The molecule has 0 aromatic heterocycles. The maximum Gasteiger partial charge on any atom is 0.472 e. The van der Waals surface area contributed by atoms with Crippen molar-refractivity contribution >= 4 is 27.6 Å². The lowest BCUT2D eigenvalue weighted by atomic mass is 9.85. The van der Waals surface area contributed by atoms with Crippen molar-refractivity contribution < 1.29 is 82.0 Å². The smallest absolute Gasteiger partial charge is 0.462 e. The Morgan fingerprint density at radius 3 is 1.39 bits per heavy atom. The summed E-state index contributed by atoms with van der Waals surface area (Å²) in [4.78, 5) is 54.4. The van der Waals surface area contributed by atoms with Crippen LogP contribution in [-0.4, -0.2) is 115 Å². The average Bonchev–Trinajstić information content (AvgIpc) is 3.32. The van der Waals surface area contributed by atoms with Crippen LogP contribution in [0.5, 0.6) is 0 Å². The molecule has 0 radical (unpaired) electrons. The zero-order valence-electron chi connectivity index (χ0n) is 41.1. The molecule has 5 unspecified atom stereocenters. The molecule has 1 saturated carbocycles. The Morgan fingerprint density at radius 2 is 0.900 bits per heavy atom. The third kappa shape index (κ3) is 35.1. The highest BCUT2D eigenvalue weighted by Crippen LogP contribution is 2.49. The van der Waals surface area contributed by atoms with E-state index in [1.54, 1.807) is 0 Å². The first-order valence-corrected chi connectivity index (χ1v) is 27.9. The molecule has 0 spiro atoms. The number of carbonyl (C=O) groups is 2. The summed E-state index contributed by atoms with van der Waals surface area (Å²) in [6, 6.07) is 0. The molecule has 1 aliphatic rings.